The third-order valence-corrected chi connectivity index (χ3v) is 7.09. The first-order valence-corrected chi connectivity index (χ1v) is 13.1. The Kier molecular flexibility index (Phi) is 8.78. The molecule has 6 nitrogen and oxygen atoms in total. The van der Waals surface area contributed by atoms with Gasteiger partial charge >= 0.3 is 6.18 Å². The number of alkyl halides is 3. The smallest absolute Gasteiger partial charge is 0.369 e. The van der Waals surface area contributed by atoms with E-state index >= 15 is 0 Å². The van der Waals surface area contributed by atoms with Gasteiger partial charge in [0.15, 0.2) is 5.82 Å². The Morgan fingerprint density at radius 2 is 1.73 bits per heavy atom. The van der Waals surface area contributed by atoms with E-state index in [1.165, 1.54) is 13.0 Å². The van der Waals surface area contributed by atoms with Crippen molar-refractivity contribution in [3.63, 3.8) is 0 Å². The molecule has 4 rings (SSSR count). The number of hydrogen-bond acceptors (Lipinski definition) is 4. The molecule has 0 bridgehead atoms. The van der Waals surface area contributed by atoms with Gasteiger partial charge in [-0.2, -0.15) is 18.3 Å². The maximum atomic E-state index is 14.7. The van der Waals surface area contributed by atoms with Gasteiger partial charge in [-0.25, -0.2) is 4.39 Å². The van der Waals surface area contributed by atoms with Gasteiger partial charge in [0, 0.05) is 48.6 Å². The molecule has 0 saturated carbocycles. The first-order chi connectivity index (χ1) is 19.0. The summed E-state index contributed by atoms with van der Waals surface area (Å²) in [5.41, 5.74) is 1.68. The molecule has 1 aromatic heterocycles. The number of halogens is 4. The minimum Gasteiger partial charge on any atom is -0.369 e. The van der Waals surface area contributed by atoms with Gasteiger partial charge in [-0.05, 0) is 81.4 Å². The average molecular weight is 556 g/mol. The molecule has 10 heteroatoms. The molecule has 2 N–H and O–H groups in total. The average Bonchev–Trinajstić information content (AvgIpc) is 3.28. The highest BCUT2D eigenvalue weighted by Gasteiger charge is 2.35. The lowest BCUT2D eigenvalue weighted by Gasteiger charge is -2.34. The number of benzene rings is 2. The summed E-state index contributed by atoms with van der Waals surface area (Å²) in [4.78, 5) is 17.7. The third-order valence-electron chi connectivity index (χ3n) is 7.09. The summed E-state index contributed by atoms with van der Waals surface area (Å²) < 4.78 is 55.7. The lowest BCUT2D eigenvalue weighted by Crippen LogP contribution is -2.44. The van der Waals surface area contributed by atoms with E-state index in [1.54, 1.807) is 18.2 Å². The van der Waals surface area contributed by atoms with Crippen LogP contribution < -0.4 is 10.2 Å². The quantitative estimate of drug-likeness (QED) is 0.310. The van der Waals surface area contributed by atoms with Crippen LogP contribution in [0.2, 0.25) is 0 Å². The second-order valence-electron chi connectivity index (χ2n) is 10.0. The zero-order valence-electron chi connectivity index (χ0n) is 23.0. The summed E-state index contributed by atoms with van der Waals surface area (Å²) >= 11 is 0. The molecule has 1 saturated heterocycles. The van der Waals surface area contributed by atoms with Crippen molar-refractivity contribution in [3.05, 3.63) is 81.8 Å². The Hall–Kier alpha value is -3.92. The number of nitrogens with one attached hydrogen (secondary N) is 2. The van der Waals surface area contributed by atoms with Gasteiger partial charge < -0.3 is 15.1 Å². The normalized spacial score (nSPS) is 15.4. The molecule has 212 valence electrons. The zero-order chi connectivity index (χ0) is 29.0. The third kappa shape index (κ3) is 6.62. The molecule has 0 unspecified atom stereocenters. The number of carbonyl (C=O) groups excluding carboxylic acids is 1. The summed E-state index contributed by atoms with van der Waals surface area (Å²) in [6.45, 7) is 8.99. The Labute approximate surface area is 231 Å². The van der Waals surface area contributed by atoms with Crippen LogP contribution in [0.15, 0.2) is 48.0 Å². The highest BCUT2D eigenvalue weighted by Crippen LogP contribution is 2.37. The van der Waals surface area contributed by atoms with Crippen molar-refractivity contribution in [2.75, 3.05) is 43.4 Å². The summed E-state index contributed by atoms with van der Waals surface area (Å²) in [5, 5.41) is 9.86. The zero-order valence-corrected chi connectivity index (χ0v) is 23.0. The molecular formula is C30H33F4N5O. The van der Waals surface area contributed by atoms with Crippen molar-refractivity contribution in [1.29, 1.82) is 0 Å². The number of carbonyl (C=O) groups is 1. The number of rotatable bonds is 7. The fourth-order valence-corrected chi connectivity index (χ4v) is 4.58. The molecule has 1 amide bonds. The fourth-order valence-electron chi connectivity index (χ4n) is 4.58. The van der Waals surface area contributed by atoms with Crippen LogP contribution in [0.25, 0.3) is 17.7 Å². The lowest BCUT2D eigenvalue weighted by atomic mass is 9.97. The van der Waals surface area contributed by atoms with Crippen LogP contribution in [0, 0.1) is 5.82 Å². The van der Waals surface area contributed by atoms with Gasteiger partial charge in [-0.3, -0.25) is 9.89 Å². The summed E-state index contributed by atoms with van der Waals surface area (Å²) in [6.07, 6.45) is -0.789. The molecular weight excluding hydrogens is 522 g/mol. The van der Waals surface area contributed by atoms with Crippen LogP contribution in [-0.2, 0) is 6.18 Å². The van der Waals surface area contributed by atoms with Crippen molar-refractivity contribution in [2.24, 2.45) is 0 Å². The molecule has 0 radical (unpaired) electrons. The molecule has 3 aromatic rings. The van der Waals surface area contributed by atoms with Crippen molar-refractivity contribution in [1.82, 2.24) is 15.1 Å². The lowest BCUT2D eigenvalue weighted by molar-refractivity contribution is -0.138. The Morgan fingerprint density at radius 1 is 1.05 bits per heavy atom. The SMILES string of the molecule is CC/C(C)=C/c1[nH]nc(NC(=O)c2ccc(N3CCN(C)CC3)cc2)c1/C=C(\C)c1c(F)cccc1C(F)(F)F. The number of amides is 1. The van der Waals surface area contributed by atoms with Gasteiger partial charge in [-0.1, -0.05) is 18.6 Å². The highest BCUT2D eigenvalue weighted by molar-refractivity contribution is 6.05. The molecule has 0 atom stereocenters. The Bertz CT molecular complexity index is 1410. The second-order valence-corrected chi connectivity index (χ2v) is 10.0. The number of nitrogens with zero attached hydrogens (tertiary/aromatic N) is 3. The molecule has 1 aliphatic rings. The Balaban J connectivity index is 1.66. The van der Waals surface area contributed by atoms with Crippen LogP contribution >= 0.6 is 0 Å². The summed E-state index contributed by atoms with van der Waals surface area (Å²) in [7, 11) is 2.08. The number of piperazine rings is 1. The van der Waals surface area contributed by atoms with Crippen molar-refractivity contribution in [3.8, 4) is 0 Å². The molecule has 1 aliphatic heterocycles. The first kappa shape index (κ1) is 29.1. The topological polar surface area (TPSA) is 64.3 Å². The second kappa shape index (κ2) is 12.1. The number of anilines is 2. The monoisotopic (exact) mass is 555 g/mol. The van der Waals surface area contributed by atoms with E-state index < -0.39 is 29.0 Å². The molecule has 2 heterocycles. The fraction of sp³-hybridized carbons (Fsp3) is 0.333. The first-order valence-electron chi connectivity index (χ1n) is 13.1. The van der Waals surface area contributed by atoms with Gasteiger partial charge in [0.2, 0.25) is 0 Å². The van der Waals surface area contributed by atoms with E-state index in [9.17, 15) is 22.4 Å². The van der Waals surface area contributed by atoms with Crippen LogP contribution in [0.1, 0.15) is 59.9 Å². The van der Waals surface area contributed by atoms with E-state index in [-0.39, 0.29) is 11.4 Å². The standard InChI is InChI=1S/C30H33F4N5O/c1-5-19(2)17-26-23(18-20(3)27-24(30(32,33)34)7-6-8-25(27)31)28(37-36-26)35-29(40)21-9-11-22(12-10-21)39-15-13-38(4)14-16-39/h6-12,17-18H,5,13-16H2,1-4H3,(H2,35,36,37,40)/b19-17+,20-18+. The molecule has 0 aliphatic carbocycles. The van der Waals surface area contributed by atoms with Crippen LogP contribution in [0.4, 0.5) is 29.1 Å². The van der Waals surface area contributed by atoms with Crippen LogP contribution in [0.5, 0.6) is 0 Å². The van der Waals surface area contributed by atoms with E-state index in [2.05, 4.69) is 32.4 Å². The minimum absolute atomic E-state index is 0.0441. The van der Waals surface area contributed by atoms with E-state index in [1.807, 2.05) is 26.0 Å². The predicted molar refractivity (Wildman–Crippen MR) is 152 cm³/mol. The predicted octanol–water partition coefficient (Wildman–Crippen LogP) is 6.95. The number of aromatic nitrogens is 2. The van der Waals surface area contributed by atoms with Gasteiger partial charge in [-0.15, -0.1) is 0 Å². The maximum absolute atomic E-state index is 14.7. The van der Waals surface area contributed by atoms with Gasteiger partial charge in [0.1, 0.15) is 5.82 Å². The molecule has 2 aromatic carbocycles. The molecule has 1 fully saturated rings. The van der Waals surface area contributed by atoms with Crippen molar-refractivity contribution < 1.29 is 22.4 Å². The minimum atomic E-state index is -4.74. The van der Waals surface area contributed by atoms with E-state index in [0.717, 1.165) is 62.1 Å². The summed E-state index contributed by atoms with van der Waals surface area (Å²) in [5.74, 6) is -1.28. The number of allylic oxidation sites excluding steroid dienone is 2. The van der Waals surface area contributed by atoms with E-state index in [0.29, 0.717) is 16.8 Å². The van der Waals surface area contributed by atoms with Gasteiger partial charge in [0.05, 0.1) is 11.3 Å². The Morgan fingerprint density at radius 3 is 2.35 bits per heavy atom. The highest BCUT2D eigenvalue weighted by atomic mass is 19.4. The van der Waals surface area contributed by atoms with Crippen molar-refractivity contribution in [2.45, 2.75) is 33.4 Å². The van der Waals surface area contributed by atoms with Crippen LogP contribution in [-0.4, -0.2) is 54.2 Å². The van der Waals surface area contributed by atoms with Gasteiger partial charge in [0.25, 0.3) is 5.91 Å². The number of likely N-dealkylation sites (N-methyl/N-ethyl adjacent to an activating group) is 1. The van der Waals surface area contributed by atoms with Crippen LogP contribution in [0.3, 0.4) is 0 Å². The number of hydrogen-bond donors (Lipinski definition) is 2. The maximum Gasteiger partial charge on any atom is 0.417 e. The van der Waals surface area contributed by atoms with E-state index in [4.69, 9.17) is 0 Å². The number of aromatic amines is 1. The largest absolute Gasteiger partial charge is 0.417 e. The number of H-pyrrole nitrogens is 1. The summed E-state index contributed by atoms with van der Waals surface area (Å²) in [6, 6.07) is 10.1. The van der Waals surface area contributed by atoms with Crippen molar-refractivity contribution >= 4 is 35.1 Å². The molecule has 0 spiro atoms. The molecule has 40 heavy (non-hydrogen) atoms.